The van der Waals surface area contributed by atoms with Crippen LogP contribution < -0.4 is 10.0 Å². The number of hydrogen-bond acceptors (Lipinski definition) is 4. The molecule has 1 aromatic heterocycles. The summed E-state index contributed by atoms with van der Waals surface area (Å²) < 4.78 is 40.4. The first kappa shape index (κ1) is 21.5. The van der Waals surface area contributed by atoms with Crippen molar-refractivity contribution in [3.8, 4) is 5.69 Å². The Bertz CT molecular complexity index is 1170. The lowest BCUT2D eigenvalue weighted by Gasteiger charge is -2.10. The van der Waals surface area contributed by atoms with E-state index >= 15 is 0 Å². The van der Waals surface area contributed by atoms with Crippen LogP contribution in [0.2, 0.25) is 0 Å². The van der Waals surface area contributed by atoms with E-state index in [4.69, 9.17) is 0 Å². The molecule has 1 amide bonds. The van der Waals surface area contributed by atoms with Crippen molar-refractivity contribution < 1.29 is 17.6 Å². The number of amides is 1. The van der Waals surface area contributed by atoms with Gasteiger partial charge in [0.25, 0.3) is 0 Å². The highest BCUT2D eigenvalue weighted by atomic mass is 32.2. The molecule has 3 rings (SSSR count). The van der Waals surface area contributed by atoms with Gasteiger partial charge in [0.1, 0.15) is 5.82 Å². The Morgan fingerprint density at radius 1 is 1.13 bits per heavy atom. The third kappa shape index (κ3) is 5.24. The zero-order valence-electron chi connectivity index (χ0n) is 16.9. The van der Waals surface area contributed by atoms with Crippen LogP contribution in [0.4, 0.5) is 15.8 Å². The second-order valence-corrected chi connectivity index (χ2v) is 8.76. The molecule has 0 saturated heterocycles. The predicted molar refractivity (Wildman–Crippen MR) is 115 cm³/mol. The van der Waals surface area contributed by atoms with Crippen LogP contribution in [0.25, 0.3) is 5.69 Å². The number of halogens is 1. The van der Waals surface area contributed by atoms with Crippen molar-refractivity contribution in [2.75, 3.05) is 16.3 Å². The van der Waals surface area contributed by atoms with Crippen LogP contribution in [-0.4, -0.2) is 30.4 Å². The van der Waals surface area contributed by atoms with Crippen molar-refractivity contribution in [3.63, 3.8) is 0 Å². The first-order chi connectivity index (χ1) is 14.1. The van der Waals surface area contributed by atoms with Gasteiger partial charge in [-0.05, 0) is 56.2 Å². The highest BCUT2D eigenvalue weighted by Crippen LogP contribution is 2.22. The SMILES string of the molecule is Cc1nn(-c2ccccc2)c(C)c1CCC(=O)Nc1ccc(F)c(NS(C)(=O)=O)c1. The van der Waals surface area contributed by atoms with Crippen LogP contribution in [0.15, 0.2) is 48.5 Å². The number of carbonyl (C=O) groups excluding carboxylic acids is 1. The molecule has 0 aliphatic rings. The number of aryl methyl sites for hydroxylation is 1. The maximum Gasteiger partial charge on any atom is 0.229 e. The molecule has 2 aromatic carbocycles. The van der Waals surface area contributed by atoms with Gasteiger partial charge >= 0.3 is 0 Å². The molecule has 0 fully saturated rings. The van der Waals surface area contributed by atoms with Gasteiger partial charge in [-0.1, -0.05) is 18.2 Å². The molecule has 0 aliphatic heterocycles. The topological polar surface area (TPSA) is 93.1 Å². The minimum absolute atomic E-state index is 0.203. The fraction of sp³-hybridized carbons (Fsp3) is 0.238. The largest absolute Gasteiger partial charge is 0.326 e. The van der Waals surface area contributed by atoms with Crippen molar-refractivity contribution in [3.05, 3.63) is 71.3 Å². The summed E-state index contributed by atoms with van der Waals surface area (Å²) in [6.07, 6.45) is 1.62. The van der Waals surface area contributed by atoms with Gasteiger partial charge in [-0.2, -0.15) is 5.10 Å². The van der Waals surface area contributed by atoms with Gasteiger partial charge in [0.05, 0.1) is 23.3 Å². The van der Waals surface area contributed by atoms with E-state index in [1.165, 1.54) is 12.1 Å². The Morgan fingerprint density at radius 3 is 2.50 bits per heavy atom. The molecule has 0 atom stereocenters. The lowest BCUT2D eigenvalue weighted by Crippen LogP contribution is -2.14. The van der Waals surface area contributed by atoms with Crippen molar-refractivity contribution in [1.82, 2.24) is 9.78 Å². The molecule has 0 bridgehead atoms. The van der Waals surface area contributed by atoms with E-state index in [0.29, 0.717) is 12.1 Å². The average Bonchev–Trinajstić information content (AvgIpc) is 2.96. The lowest BCUT2D eigenvalue weighted by molar-refractivity contribution is -0.116. The summed E-state index contributed by atoms with van der Waals surface area (Å²) in [6, 6.07) is 13.5. The molecule has 0 aliphatic carbocycles. The Labute approximate surface area is 175 Å². The molecule has 3 aromatic rings. The number of rotatable bonds is 7. The van der Waals surface area contributed by atoms with Crippen LogP contribution >= 0.6 is 0 Å². The molecular formula is C21H23FN4O3S. The van der Waals surface area contributed by atoms with Gasteiger partial charge in [0, 0.05) is 17.8 Å². The van der Waals surface area contributed by atoms with Crippen LogP contribution in [0.5, 0.6) is 0 Å². The molecule has 2 N–H and O–H groups in total. The molecule has 158 valence electrons. The predicted octanol–water partition coefficient (Wildman–Crippen LogP) is 3.57. The smallest absolute Gasteiger partial charge is 0.229 e. The van der Waals surface area contributed by atoms with Crippen molar-refractivity contribution in [2.24, 2.45) is 0 Å². The third-order valence-electron chi connectivity index (χ3n) is 4.59. The number of nitrogens with zero attached hydrogens (tertiary/aromatic N) is 2. The molecule has 0 unspecified atom stereocenters. The van der Waals surface area contributed by atoms with Crippen LogP contribution in [-0.2, 0) is 21.2 Å². The molecule has 30 heavy (non-hydrogen) atoms. The summed E-state index contributed by atoms with van der Waals surface area (Å²) in [5, 5.41) is 7.25. The van der Waals surface area contributed by atoms with Crippen LogP contribution in [0.3, 0.4) is 0 Å². The minimum Gasteiger partial charge on any atom is -0.326 e. The quantitative estimate of drug-likeness (QED) is 0.599. The number of benzene rings is 2. The van der Waals surface area contributed by atoms with E-state index in [1.54, 1.807) is 0 Å². The van der Waals surface area contributed by atoms with E-state index in [-0.39, 0.29) is 18.0 Å². The zero-order valence-corrected chi connectivity index (χ0v) is 17.8. The van der Waals surface area contributed by atoms with Crippen molar-refractivity contribution >= 4 is 27.3 Å². The molecule has 0 saturated carbocycles. The Kier molecular flexibility index (Phi) is 6.21. The van der Waals surface area contributed by atoms with Crippen LogP contribution in [0.1, 0.15) is 23.4 Å². The van der Waals surface area contributed by atoms with E-state index in [2.05, 4.69) is 15.1 Å². The Morgan fingerprint density at radius 2 is 1.83 bits per heavy atom. The average molecular weight is 431 g/mol. The molecule has 1 heterocycles. The van der Waals surface area contributed by atoms with E-state index in [1.807, 2.05) is 48.9 Å². The summed E-state index contributed by atoms with van der Waals surface area (Å²) in [6.45, 7) is 3.87. The highest BCUT2D eigenvalue weighted by Gasteiger charge is 2.15. The second kappa shape index (κ2) is 8.66. The fourth-order valence-corrected chi connectivity index (χ4v) is 3.76. The van der Waals surface area contributed by atoms with Crippen LogP contribution in [0, 0.1) is 19.7 Å². The second-order valence-electron chi connectivity index (χ2n) is 7.01. The highest BCUT2D eigenvalue weighted by molar-refractivity contribution is 7.92. The number of sulfonamides is 1. The summed E-state index contributed by atoms with van der Waals surface area (Å²) >= 11 is 0. The van der Waals surface area contributed by atoms with Gasteiger partial charge in [-0.3, -0.25) is 9.52 Å². The van der Waals surface area contributed by atoms with E-state index in [9.17, 15) is 17.6 Å². The molecule has 0 radical (unpaired) electrons. The maximum atomic E-state index is 13.8. The molecule has 0 spiro atoms. The zero-order chi connectivity index (χ0) is 21.9. The standard InChI is InChI=1S/C21H23FN4O3S/c1-14-18(15(2)26(24-14)17-7-5-4-6-8-17)10-12-21(27)23-16-9-11-19(22)20(13-16)25-30(3,28)29/h4-9,11,13,25H,10,12H2,1-3H3,(H,23,27). The van der Waals surface area contributed by atoms with Gasteiger partial charge < -0.3 is 5.32 Å². The number of anilines is 2. The van der Waals surface area contributed by atoms with Gasteiger partial charge in [0.2, 0.25) is 15.9 Å². The molecule has 7 nitrogen and oxygen atoms in total. The molecular weight excluding hydrogens is 407 g/mol. The van der Waals surface area contributed by atoms with E-state index in [0.717, 1.165) is 35.0 Å². The minimum atomic E-state index is -3.63. The molecule has 9 heteroatoms. The lowest BCUT2D eigenvalue weighted by atomic mass is 10.1. The monoisotopic (exact) mass is 430 g/mol. The maximum absolute atomic E-state index is 13.8. The first-order valence-corrected chi connectivity index (χ1v) is 11.2. The van der Waals surface area contributed by atoms with E-state index < -0.39 is 15.8 Å². The number of aromatic nitrogens is 2. The number of carbonyl (C=O) groups is 1. The van der Waals surface area contributed by atoms with Gasteiger partial charge in [-0.25, -0.2) is 17.5 Å². The fourth-order valence-electron chi connectivity index (χ4n) is 3.20. The summed E-state index contributed by atoms with van der Waals surface area (Å²) in [5.41, 5.74) is 3.85. The Hall–Kier alpha value is -3.20. The van der Waals surface area contributed by atoms with Crippen molar-refractivity contribution in [2.45, 2.75) is 26.7 Å². The first-order valence-electron chi connectivity index (χ1n) is 9.32. The third-order valence-corrected chi connectivity index (χ3v) is 5.18. The van der Waals surface area contributed by atoms with Crippen molar-refractivity contribution in [1.29, 1.82) is 0 Å². The summed E-state index contributed by atoms with van der Waals surface area (Å²) in [4.78, 5) is 12.4. The number of hydrogen-bond donors (Lipinski definition) is 2. The summed E-state index contributed by atoms with van der Waals surface area (Å²) in [7, 11) is -3.63. The summed E-state index contributed by atoms with van der Waals surface area (Å²) in [5.74, 6) is -0.990. The van der Waals surface area contributed by atoms with Gasteiger partial charge in [-0.15, -0.1) is 0 Å². The normalized spacial score (nSPS) is 11.3. The Balaban J connectivity index is 1.69. The van der Waals surface area contributed by atoms with Gasteiger partial charge in [0.15, 0.2) is 0 Å². The number of nitrogens with one attached hydrogen (secondary N) is 2. The number of para-hydroxylation sites is 1.